The van der Waals surface area contributed by atoms with Gasteiger partial charge in [0.05, 0.1) is 0 Å². The summed E-state index contributed by atoms with van der Waals surface area (Å²) in [5.41, 5.74) is 0. The number of piperidine rings is 1. The minimum absolute atomic E-state index is 0.177. The van der Waals surface area contributed by atoms with Crippen LogP contribution in [0.4, 0.5) is 4.79 Å². The Morgan fingerprint density at radius 2 is 2.27 bits per heavy atom. The van der Waals surface area contributed by atoms with Gasteiger partial charge in [-0.25, -0.2) is 4.79 Å². The zero-order valence-electron chi connectivity index (χ0n) is 8.95. The number of imide groups is 1. The van der Waals surface area contributed by atoms with Crippen molar-refractivity contribution in [3.8, 4) is 0 Å². The monoisotopic (exact) mass is 211 g/mol. The summed E-state index contributed by atoms with van der Waals surface area (Å²) in [6.45, 7) is 4.48. The molecule has 0 aromatic heterocycles. The molecule has 0 spiro atoms. The van der Waals surface area contributed by atoms with Gasteiger partial charge in [0.2, 0.25) is 0 Å². The van der Waals surface area contributed by atoms with Crippen molar-refractivity contribution in [1.82, 2.24) is 15.5 Å². The van der Waals surface area contributed by atoms with E-state index in [-0.39, 0.29) is 18.0 Å². The molecule has 3 amide bonds. The third kappa shape index (κ3) is 2.12. The van der Waals surface area contributed by atoms with Gasteiger partial charge in [-0.3, -0.25) is 10.1 Å². The van der Waals surface area contributed by atoms with Crippen LogP contribution in [0.3, 0.4) is 0 Å². The number of hydrogen-bond donors (Lipinski definition) is 2. The molecule has 2 aliphatic rings. The minimum Gasteiger partial charge on any atom is -0.316 e. The standard InChI is InChI=1S/C10H17N3O2/c1-7-9(14)12-10(15)13(7)6-8-3-2-4-11-5-8/h7-8,11H,2-6H2,1H3,(H,12,14,15). The second kappa shape index (κ2) is 4.18. The summed E-state index contributed by atoms with van der Waals surface area (Å²) < 4.78 is 0. The largest absolute Gasteiger partial charge is 0.324 e. The van der Waals surface area contributed by atoms with Crippen LogP contribution in [0.15, 0.2) is 0 Å². The molecule has 2 heterocycles. The van der Waals surface area contributed by atoms with Crippen molar-refractivity contribution in [2.45, 2.75) is 25.8 Å². The summed E-state index contributed by atoms with van der Waals surface area (Å²) in [5.74, 6) is 0.307. The molecule has 0 bridgehead atoms. The van der Waals surface area contributed by atoms with Crippen molar-refractivity contribution in [2.24, 2.45) is 5.92 Å². The Kier molecular flexibility index (Phi) is 2.90. The van der Waals surface area contributed by atoms with Gasteiger partial charge in [0.1, 0.15) is 6.04 Å². The van der Waals surface area contributed by atoms with Crippen LogP contribution in [0.5, 0.6) is 0 Å². The number of nitrogens with zero attached hydrogens (tertiary/aromatic N) is 1. The molecular weight excluding hydrogens is 194 g/mol. The molecule has 5 nitrogen and oxygen atoms in total. The Morgan fingerprint density at radius 3 is 2.80 bits per heavy atom. The summed E-state index contributed by atoms with van der Waals surface area (Å²) in [5, 5.41) is 5.64. The van der Waals surface area contributed by atoms with E-state index in [4.69, 9.17) is 0 Å². The van der Waals surface area contributed by atoms with E-state index in [1.54, 1.807) is 11.8 Å². The van der Waals surface area contributed by atoms with E-state index in [2.05, 4.69) is 10.6 Å². The summed E-state index contributed by atoms with van der Waals surface area (Å²) >= 11 is 0. The second-order valence-corrected chi connectivity index (χ2v) is 4.34. The van der Waals surface area contributed by atoms with Crippen LogP contribution in [0.2, 0.25) is 0 Å². The van der Waals surface area contributed by atoms with Crippen LogP contribution in [0.1, 0.15) is 19.8 Å². The van der Waals surface area contributed by atoms with Gasteiger partial charge in [-0.15, -0.1) is 0 Å². The molecule has 0 aromatic rings. The average Bonchev–Trinajstić information content (AvgIpc) is 2.47. The molecule has 2 aliphatic heterocycles. The Morgan fingerprint density at radius 1 is 1.47 bits per heavy atom. The highest BCUT2D eigenvalue weighted by molar-refractivity contribution is 6.03. The van der Waals surface area contributed by atoms with Crippen LogP contribution < -0.4 is 10.6 Å². The van der Waals surface area contributed by atoms with Crippen LogP contribution in [0.25, 0.3) is 0 Å². The van der Waals surface area contributed by atoms with E-state index in [0.29, 0.717) is 12.5 Å². The highest BCUT2D eigenvalue weighted by Crippen LogP contribution is 2.16. The Hall–Kier alpha value is -1.10. The number of rotatable bonds is 2. The second-order valence-electron chi connectivity index (χ2n) is 4.34. The van der Waals surface area contributed by atoms with Crippen molar-refractivity contribution in [3.63, 3.8) is 0 Å². The topological polar surface area (TPSA) is 61.4 Å². The molecule has 5 heteroatoms. The zero-order valence-corrected chi connectivity index (χ0v) is 8.95. The predicted octanol–water partition coefficient (Wildman–Crippen LogP) is -0.0737. The molecule has 0 aliphatic carbocycles. The maximum absolute atomic E-state index is 11.4. The first-order chi connectivity index (χ1) is 7.18. The fourth-order valence-corrected chi connectivity index (χ4v) is 2.20. The molecule has 2 fully saturated rings. The van der Waals surface area contributed by atoms with Crippen molar-refractivity contribution >= 4 is 11.9 Å². The lowest BCUT2D eigenvalue weighted by atomic mass is 9.99. The smallest absolute Gasteiger partial charge is 0.316 e. The molecule has 0 saturated carbocycles. The molecule has 84 valence electrons. The maximum Gasteiger partial charge on any atom is 0.324 e. The number of nitrogens with one attached hydrogen (secondary N) is 2. The fourth-order valence-electron chi connectivity index (χ4n) is 2.20. The molecule has 2 atom stereocenters. The van der Waals surface area contributed by atoms with Crippen LogP contribution in [-0.2, 0) is 4.79 Å². The Labute approximate surface area is 89.2 Å². The molecule has 2 rings (SSSR count). The van der Waals surface area contributed by atoms with E-state index >= 15 is 0 Å². The third-order valence-corrected chi connectivity index (χ3v) is 3.19. The molecule has 2 saturated heterocycles. The van der Waals surface area contributed by atoms with Gasteiger partial charge in [-0.05, 0) is 38.8 Å². The number of amides is 3. The van der Waals surface area contributed by atoms with E-state index < -0.39 is 0 Å². The Bertz CT molecular complexity index is 274. The first kappa shape index (κ1) is 10.4. The van der Waals surface area contributed by atoms with Gasteiger partial charge in [0, 0.05) is 6.54 Å². The molecule has 0 radical (unpaired) electrons. The van der Waals surface area contributed by atoms with E-state index in [0.717, 1.165) is 25.9 Å². The molecular formula is C10H17N3O2. The number of urea groups is 1. The lowest BCUT2D eigenvalue weighted by Gasteiger charge is -2.28. The van der Waals surface area contributed by atoms with Crippen LogP contribution >= 0.6 is 0 Å². The SMILES string of the molecule is CC1C(=O)NC(=O)N1CC1CCCNC1. The number of hydrogen-bond acceptors (Lipinski definition) is 3. The summed E-state index contributed by atoms with van der Waals surface area (Å²) in [6, 6.07) is -0.544. The first-order valence-electron chi connectivity index (χ1n) is 5.50. The third-order valence-electron chi connectivity index (χ3n) is 3.19. The normalized spacial score (nSPS) is 31.9. The van der Waals surface area contributed by atoms with Gasteiger partial charge in [-0.2, -0.15) is 0 Å². The summed E-state index contributed by atoms with van der Waals surface area (Å²) in [6.07, 6.45) is 2.29. The van der Waals surface area contributed by atoms with Crippen molar-refractivity contribution in [1.29, 1.82) is 0 Å². The van der Waals surface area contributed by atoms with Gasteiger partial charge in [0.15, 0.2) is 0 Å². The van der Waals surface area contributed by atoms with Crippen molar-refractivity contribution in [2.75, 3.05) is 19.6 Å². The van der Waals surface area contributed by atoms with Crippen molar-refractivity contribution < 1.29 is 9.59 Å². The predicted molar refractivity (Wildman–Crippen MR) is 55.3 cm³/mol. The fraction of sp³-hybridized carbons (Fsp3) is 0.800. The Balaban J connectivity index is 1.92. The highest BCUT2D eigenvalue weighted by Gasteiger charge is 2.36. The lowest BCUT2D eigenvalue weighted by molar-refractivity contribution is -0.121. The quantitative estimate of drug-likeness (QED) is 0.628. The van der Waals surface area contributed by atoms with E-state index in [1.165, 1.54) is 0 Å². The molecule has 0 aromatic carbocycles. The van der Waals surface area contributed by atoms with Crippen LogP contribution in [-0.4, -0.2) is 42.5 Å². The van der Waals surface area contributed by atoms with Crippen LogP contribution in [0, 0.1) is 5.92 Å². The zero-order chi connectivity index (χ0) is 10.8. The van der Waals surface area contributed by atoms with E-state index in [9.17, 15) is 9.59 Å². The van der Waals surface area contributed by atoms with Gasteiger partial charge < -0.3 is 10.2 Å². The molecule has 15 heavy (non-hydrogen) atoms. The summed E-state index contributed by atoms with van der Waals surface area (Å²) in [4.78, 5) is 24.3. The van der Waals surface area contributed by atoms with Gasteiger partial charge in [0.25, 0.3) is 5.91 Å². The van der Waals surface area contributed by atoms with Gasteiger partial charge in [-0.1, -0.05) is 0 Å². The molecule has 2 unspecified atom stereocenters. The first-order valence-corrected chi connectivity index (χ1v) is 5.50. The molecule has 2 N–H and O–H groups in total. The minimum atomic E-state index is -0.306. The highest BCUT2D eigenvalue weighted by atomic mass is 16.2. The lowest BCUT2D eigenvalue weighted by Crippen LogP contribution is -2.42. The number of carbonyl (C=O) groups is 2. The number of carbonyl (C=O) groups excluding carboxylic acids is 2. The maximum atomic E-state index is 11.4. The average molecular weight is 211 g/mol. The summed E-state index contributed by atoms with van der Waals surface area (Å²) in [7, 11) is 0. The van der Waals surface area contributed by atoms with Crippen molar-refractivity contribution in [3.05, 3.63) is 0 Å². The van der Waals surface area contributed by atoms with Gasteiger partial charge >= 0.3 is 6.03 Å². The van der Waals surface area contributed by atoms with E-state index in [1.807, 2.05) is 0 Å².